The first-order valence-corrected chi connectivity index (χ1v) is 9.05. The molecule has 0 radical (unpaired) electrons. The monoisotopic (exact) mass is 368 g/mol. The number of rotatable bonds is 6. The molecule has 1 aromatic carbocycles. The molecule has 134 valence electrons. The third kappa shape index (κ3) is 4.53. The standard InChI is InChI=1S/C20H20N2O3S/c1-15(13-17-9-6-11-25-17)14-18-19(23)22(10-12-24-2)20(26-18)21-16-7-4-3-5-8-16/h3-9,11,13-14H,10,12H2,1-2H3/b15-13+,18-14-,21-20?. The number of para-hydroxylation sites is 1. The quantitative estimate of drug-likeness (QED) is 0.706. The number of benzene rings is 1. The van der Waals surface area contributed by atoms with Gasteiger partial charge in [0.05, 0.1) is 30.0 Å². The maximum absolute atomic E-state index is 12.8. The predicted octanol–water partition coefficient (Wildman–Crippen LogP) is 4.48. The van der Waals surface area contributed by atoms with Crippen LogP contribution in [0, 0.1) is 0 Å². The van der Waals surface area contributed by atoms with Crippen molar-refractivity contribution >= 4 is 34.6 Å². The average molecular weight is 368 g/mol. The molecule has 1 aliphatic rings. The molecular formula is C20H20N2O3S. The van der Waals surface area contributed by atoms with E-state index in [1.54, 1.807) is 18.3 Å². The van der Waals surface area contributed by atoms with Gasteiger partial charge in [0.15, 0.2) is 5.17 Å². The molecule has 3 rings (SSSR count). The summed E-state index contributed by atoms with van der Waals surface area (Å²) in [5, 5.41) is 0.662. The average Bonchev–Trinajstić information content (AvgIpc) is 3.23. The predicted molar refractivity (Wildman–Crippen MR) is 105 cm³/mol. The Morgan fingerprint density at radius 1 is 1.27 bits per heavy atom. The van der Waals surface area contributed by atoms with Gasteiger partial charge in [0.25, 0.3) is 5.91 Å². The van der Waals surface area contributed by atoms with Crippen molar-refractivity contribution < 1.29 is 13.9 Å². The fourth-order valence-electron chi connectivity index (χ4n) is 2.43. The fourth-order valence-corrected chi connectivity index (χ4v) is 3.50. The number of aliphatic imine (C=N–C) groups is 1. The Balaban J connectivity index is 1.87. The third-order valence-corrected chi connectivity index (χ3v) is 4.67. The highest BCUT2D eigenvalue weighted by molar-refractivity contribution is 8.18. The van der Waals surface area contributed by atoms with Crippen LogP contribution in [0.1, 0.15) is 12.7 Å². The largest absolute Gasteiger partial charge is 0.465 e. The van der Waals surface area contributed by atoms with Crippen molar-refractivity contribution in [2.75, 3.05) is 20.3 Å². The minimum atomic E-state index is -0.0612. The van der Waals surface area contributed by atoms with E-state index in [4.69, 9.17) is 9.15 Å². The van der Waals surface area contributed by atoms with Gasteiger partial charge in [-0.05, 0) is 60.7 Å². The minimum absolute atomic E-state index is 0.0612. The number of allylic oxidation sites excluding steroid dienone is 2. The second-order valence-corrected chi connectivity index (χ2v) is 6.70. The van der Waals surface area contributed by atoms with Gasteiger partial charge in [-0.1, -0.05) is 18.2 Å². The Morgan fingerprint density at radius 3 is 2.77 bits per heavy atom. The first-order valence-electron chi connectivity index (χ1n) is 8.23. The van der Waals surface area contributed by atoms with Crippen molar-refractivity contribution in [2.24, 2.45) is 4.99 Å². The van der Waals surface area contributed by atoms with E-state index in [9.17, 15) is 4.79 Å². The first kappa shape index (κ1) is 18.2. The van der Waals surface area contributed by atoms with Crippen LogP contribution in [-0.4, -0.2) is 36.2 Å². The van der Waals surface area contributed by atoms with Gasteiger partial charge in [-0.25, -0.2) is 4.99 Å². The molecule has 2 heterocycles. The molecule has 1 fully saturated rings. The summed E-state index contributed by atoms with van der Waals surface area (Å²) in [7, 11) is 1.62. The van der Waals surface area contributed by atoms with Crippen molar-refractivity contribution in [1.82, 2.24) is 4.90 Å². The lowest BCUT2D eigenvalue weighted by Crippen LogP contribution is -2.32. The zero-order valence-corrected chi connectivity index (χ0v) is 15.5. The SMILES string of the molecule is COCCN1C(=O)/C(=C/C(C)=C/c2ccco2)SC1=Nc1ccccc1. The number of amides is 1. The van der Waals surface area contributed by atoms with Gasteiger partial charge in [0.1, 0.15) is 5.76 Å². The lowest BCUT2D eigenvalue weighted by molar-refractivity contribution is -0.122. The van der Waals surface area contributed by atoms with Crippen LogP contribution in [0.5, 0.6) is 0 Å². The van der Waals surface area contributed by atoms with Crippen LogP contribution in [0.15, 0.2) is 74.7 Å². The zero-order chi connectivity index (χ0) is 18.4. The summed E-state index contributed by atoms with van der Waals surface area (Å²) in [6.45, 7) is 2.86. The maximum atomic E-state index is 12.8. The highest BCUT2D eigenvalue weighted by Crippen LogP contribution is 2.33. The van der Waals surface area contributed by atoms with Gasteiger partial charge in [-0.3, -0.25) is 9.69 Å². The van der Waals surface area contributed by atoms with Gasteiger partial charge in [-0.2, -0.15) is 0 Å². The molecule has 0 spiro atoms. The van der Waals surface area contributed by atoms with Crippen molar-refractivity contribution in [3.05, 3.63) is 71.0 Å². The van der Waals surface area contributed by atoms with Gasteiger partial charge < -0.3 is 9.15 Å². The number of ether oxygens (including phenoxy) is 1. The summed E-state index contributed by atoms with van der Waals surface area (Å²) in [5.41, 5.74) is 1.75. The Morgan fingerprint density at radius 2 is 2.08 bits per heavy atom. The van der Waals surface area contributed by atoms with Crippen molar-refractivity contribution in [3.63, 3.8) is 0 Å². The number of nitrogens with zero attached hydrogens (tertiary/aromatic N) is 2. The molecule has 26 heavy (non-hydrogen) atoms. The van der Waals surface area contributed by atoms with E-state index in [1.807, 2.05) is 61.5 Å². The molecule has 1 saturated heterocycles. The van der Waals surface area contributed by atoms with Gasteiger partial charge in [-0.15, -0.1) is 0 Å². The van der Waals surface area contributed by atoms with E-state index in [0.29, 0.717) is 23.2 Å². The van der Waals surface area contributed by atoms with Crippen molar-refractivity contribution in [3.8, 4) is 0 Å². The van der Waals surface area contributed by atoms with E-state index in [2.05, 4.69) is 4.99 Å². The highest BCUT2D eigenvalue weighted by Gasteiger charge is 2.33. The minimum Gasteiger partial charge on any atom is -0.465 e. The second kappa shape index (κ2) is 8.69. The molecular weight excluding hydrogens is 348 g/mol. The third-order valence-electron chi connectivity index (χ3n) is 3.66. The molecule has 1 aliphatic heterocycles. The number of hydrogen-bond donors (Lipinski definition) is 0. The number of hydrogen-bond acceptors (Lipinski definition) is 5. The number of methoxy groups -OCH3 is 1. The molecule has 0 unspecified atom stereocenters. The Kier molecular flexibility index (Phi) is 6.09. The normalized spacial score (nSPS) is 18.3. The van der Waals surface area contributed by atoms with Crippen LogP contribution in [0.3, 0.4) is 0 Å². The number of carbonyl (C=O) groups excluding carboxylic acids is 1. The molecule has 0 aliphatic carbocycles. The molecule has 0 saturated carbocycles. The lowest BCUT2D eigenvalue weighted by Gasteiger charge is -2.14. The van der Waals surface area contributed by atoms with Crippen LogP contribution >= 0.6 is 11.8 Å². The van der Waals surface area contributed by atoms with Crippen LogP contribution in [0.25, 0.3) is 6.08 Å². The summed E-state index contributed by atoms with van der Waals surface area (Å²) >= 11 is 1.37. The van der Waals surface area contributed by atoms with Crippen molar-refractivity contribution in [2.45, 2.75) is 6.92 Å². The Hall–Kier alpha value is -2.57. The van der Waals surface area contributed by atoms with E-state index < -0.39 is 0 Å². The zero-order valence-electron chi connectivity index (χ0n) is 14.7. The summed E-state index contributed by atoms with van der Waals surface area (Å²) in [5.74, 6) is 0.693. The van der Waals surface area contributed by atoms with Crippen LogP contribution in [0.2, 0.25) is 0 Å². The van der Waals surface area contributed by atoms with E-state index >= 15 is 0 Å². The second-order valence-electron chi connectivity index (χ2n) is 5.69. The molecule has 0 N–H and O–H groups in total. The Labute approximate surface area is 157 Å². The van der Waals surface area contributed by atoms with Gasteiger partial charge in [0.2, 0.25) is 0 Å². The summed E-state index contributed by atoms with van der Waals surface area (Å²) < 4.78 is 10.5. The van der Waals surface area contributed by atoms with Crippen LogP contribution in [0.4, 0.5) is 5.69 Å². The molecule has 5 nitrogen and oxygen atoms in total. The summed E-state index contributed by atoms with van der Waals surface area (Å²) in [6, 6.07) is 13.3. The smallest absolute Gasteiger partial charge is 0.266 e. The van der Waals surface area contributed by atoms with E-state index in [-0.39, 0.29) is 5.91 Å². The van der Waals surface area contributed by atoms with E-state index in [0.717, 1.165) is 17.0 Å². The van der Waals surface area contributed by atoms with Gasteiger partial charge in [0, 0.05) is 7.11 Å². The van der Waals surface area contributed by atoms with Crippen LogP contribution < -0.4 is 0 Å². The molecule has 1 aromatic heterocycles. The Bertz CT molecular complexity index is 839. The molecule has 2 aromatic rings. The number of furan rings is 1. The molecule has 0 atom stereocenters. The van der Waals surface area contributed by atoms with Crippen LogP contribution in [-0.2, 0) is 9.53 Å². The van der Waals surface area contributed by atoms with Crippen molar-refractivity contribution in [1.29, 1.82) is 0 Å². The number of thioether (sulfide) groups is 1. The molecule has 1 amide bonds. The fraction of sp³-hybridized carbons (Fsp3) is 0.200. The maximum Gasteiger partial charge on any atom is 0.266 e. The first-order chi connectivity index (χ1) is 12.7. The lowest BCUT2D eigenvalue weighted by atomic mass is 10.2. The highest BCUT2D eigenvalue weighted by atomic mass is 32.2. The molecule has 6 heteroatoms. The topological polar surface area (TPSA) is 55.0 Å². The van der Waals surface area contributed by atoms with Gasteiger partial charge >= 0.3 is 0 Å². The summed E-state index contributed by atoms with van der Waals surface area (Å²) in [6.07, 6.45) is 5.38. The number of carbonyl (C=O) groups is 1. The summed E-state index contributed by atoms with van der Waals surface area (Å²) in [4.78, 5) is 19.7. The number of amidine groups is 1. The molecule has 0 bridgehead atoms. The van der Waals surface area contributed by atoms with E-state index in [1.165, 1.54) is 11.8 Å².